The lowest BCUT2D eigenvalue weighted by atomic mass is 9.90. The molecular weight excluding hydrogens is 244 g/mol. The molecule has 1 heterocycles. The Balaban J connectivity index is 1.97. The first kappa shape index (κ1) is 14.2. The molecule has 0 radical (unpaired) electrons. The second-order valence-electron chi connectivity index (χ2n) is 6.59. The highest BCUT2D eigenvalue weighted by molar-refractivity contribution is 5.84. The summed E-state index contributed by atoms with van der Waals surface area (Å²) >= 11 is 0. The van der Waals surface area contributed by atoms with Crippen LogP contribution in [-0.4, -0.2) is 52.6 Å². The molecule has 1 unspecified atom stereocenters. The van der Waals surface area contributed by atoms with Crippen LogP contribution < -0.4 is 0 Å². The van der Waals surface area contributed by atoms with Gasteiger partial charge in [-0.05, 0) is 47.0 Å². The van der Waals surface area contributed by atoms with Gasteiger partial charge in [0.1, 0.15) is 12.1 Å². The first-order valence-corrected chi connectivity index (χ1v) is 7.07. The third kappa shape index (κ3) is 3.19. The summed E-state index contributed by atoms with van der Waals surface area (Å²) in [5.41, 5.74) is -0.523. The lowest BCUT2D eigenvalue weighted by molar-refractivity contribution is -0.142. The Bertz CT molecular complexity index is 371. The summed E-state index contributed by atoms with van der Waals surface area (Å²) in [6.07, 6.45) is 3.02. The first-order chi connectivity index (χ1) is 8.78. The number of nitrogens with zero attached hydrogens (tertiary/aromatic N) is 2. The zero-order chi connectivity index (χ0) is 14.2. The van der Waals surface area contributed by atoms with E-state index >= 15 is 0 Å². The fraction of sp³-hybridized carbons (Fsp3) is 0.857. The quantitative estimate of drug-likeness (QED) is 0.731. The smallest absolute Gasteiger partial charge is 0.411 e. The maximum Gasteiger partial charge on any atom is 0.411 e. The number of hydrogen-bond acceptors (Lipinski definition) is 3. The lowest BCUT2D eigenvalue weighted by Gasteiger charge is -2.45. The van der Waals surface area contributed by atoms with Gasteiger partial charge in [-0.1, -0.05) is 0 Å². The van der Waals surface area contributed by atoms with Gasteiger partial charge in [-0.15, -0.1) is 0 Å². The molecule has 0 aromatic carbocycles. The van der Waals surface area contributed by atoms with Crippen LogP contribution in [0.15, 0.2) is 0 Å². The van der Waals surface area contributed by atoms with Crippen molar-refractivity contribution in [2.45, 2.75) is 64.6 Å². The number of carbonyl (C=O) groups excluding carboxylic acids is 2. The van der Waals surface area contributed by atoms with Crippen LogP contribution in [0, 0.1) is 0 Å². The second kappa shape index (κ2) is 5.02. The normalized spacial score (nSPS) is 25.3. The summed E-state index contributed by atoms with van der Waals surface area (Å²) in [5.74, 6) is 0.0497. The maximum atomic E-state index is 12.1. The van der Waals surface area contributed by atoms with Crippen molar-refractivity contribution in [3.8, 4) is 0 Å². The van der Waals surface area contributed by atoms with Gasteiger partial charge in [-0.25, -0.2) is 4.79 Å². The minimum Gasteiger partial charge on any atom is -0.444 e. The van der Waals surface area contributed by atoms with E-state index in [1.807, 2.05) is 32.6 Å². The molecule has 5 nitrogen and oxygen atoms in total. The van der Waals surface area contributed by atoms with E-state index in [2.05, 4.69) is 0 Å². The topological polar surface area (TPSA) is 49.9 Å². The van der Waals surface area contributed by atoms with Gasteiger partial charge in [-0.3, -0.25) is 9.69 Å². The Kier molecular flexibility index (Phi) is 3.74. The highest BCUT2D eigenvalue weighted by atomic mass is 16.6. The molecular formula is C14H24N2O3. The Morgan fingerprint density at radius 2 is 1.95 bits per heavy atom. The van der Waals surface area contributed by atoms with Crippen LogP contribution in [-0.2, 0) is 9.53 Å². The monoisotopic (exact) mass is 268 g/mol. The van der Waals surface area contributed by atoms with E-state index in [9.17, 15) is 9.59 Å². The van der Waals surface area contributed by atoms with Crippen LogP contribution in [0.1, 0.15) is 47.0 Å². The molecule has 0 N–H and O–H groups in total. The number of piperazine rings is 1. The molecule has 2 amide bonds. The number of rotatable bonds is 1. The summed E-state index contributed by atoms with van der Waals surface area (Å²) in [4.78, 5) is 27.7. The summed E-state index contributed by atoms with van der Waals surface area (Å²) in [6.45, 7) is 8.25. The molecule has 0 bridgehead atoms. The summed E-state index contributed by atoms with van der Waals surface area (Å²) < 4.78 is 5.35. The molecule has 1 atom stereocenters. The zero-order valence-corrected chi connectivity index (χ0v) is 12.3. The van der Waals surface area contributed by atoms with E-state index in [-0.39, 0.29) is 24.6 Å². The average molecular weight is 268 g/mol. The second-order valence-corrected chi connectivity index (χ2v) is 6.59. The van der Waals surface area contributed by atoms with E-state index in [1.165, 1.54) is 6.42 Å². The van der Waals surface area contributed by atoms with E-state index in [0.717, 1.165) is 12.8 Å². The average Bonchev–Trinajstić information content (AvgIpc) is 2.17. The molecule has 2 rings (SSSR count). The first-order valence-electron chi connectivity index (χ1n) is 7.07. The van der Waals surface area contributed by atoms with Crippen molar-refractivity contribution in [2.75, 3.05) is 13.1 Å². The number of amides is 2. The molecule has 1 saturated heterocycles. The number of hydrogen-bond donors (Lipinski definition) is 0. The Labute approximate surface area is 114 Å². The molecule has 2 fully saturated rings. The van der Waals surface area contributed by atoms with Gasteiger partial charge in [0, 0.05) is 12.6 Å². The standard InChI is InChI=1S/C14H24N2O3/c1-10-8-16(11-6-5-7-11)12(17)9-15(10)13(18)19-14(2,3)4/h10-11H,5-9H2,1-4H3. The van der Waals surface area contributed by atoms with Crippen LogP contribution in [0.3, 0.4) is 0 Å². The molecule has 19 heavy (non-hydrogen) atoms. The van der Waals surface area contributed by atoms with Crippen molar-refractivity contribution < 1.29 is 14.3 Å². The summed E-state index contributed by atoms with van der Waals surface area (Å²) in [6, 6.07) is 0.420. The third-order valence-corrected chi connectivity index (χ3v) is 3.76. The molecule has 0 aromatic heterocycles. The van der Waals surface area contributed by atoms with E-state index in [1.54, 1.807) is 4.90 Å². The minimum absolute atomic E-state index is 0.0214. The third-order valence-electron chi connectivity index (χ3n) is 3.76. The number of ether oxygens (including phenoxy) is 1. The van der Waals surface area contributed by atoms with Gasteiger partial charge in [0.15, 0.2) is 0 Å². The molecule has 1 saturated carbocycles. The Hall–Kier alpha value is -1.26. The van der Waals surface area contributed by atoms with E-state index in [4.69, 9.17) is 4.74 Å². The minimum atomic E-state index is -0.523. The van der Waals surface area contributed by atoms with Gasteiger partial charge in [0.2, 0.25) is 5.91 Å². The van der Waals surface area contributed by atoms with Crippen molar-refractivity contribution in [2.24, 2.45) is 0 Å². The van der Waals surface area contributed by atoms with E-state index < -0.39 is 5.60 Å². The number of carbonyl (C=O) groups is 2. The van der Waals surface area contributed by atoms with Gasteiger partial charge < -0.3 is 9.64 Å². The van der Waals surface area contributed by atoms with Gasteiger partial charge in [0.25, 0.3) is 0 Å². The Morgan fingerprint density at radius 3 is 2.42 bits per heavy atom. The van der Waals surface area contributed by atoms with Crippen LogP contribution in [0.2, 0.25) is 0 Å². The molecule has 1 aliphatic heterocycles. The lowest BCUT2D eigenvalue weighted by Crippen LogP contribution is -2.61. The van der Waals surface area contributed by atoms with Crippen molar-refractivity contribution in [3.05, 3.63) is 0 Å². The van der Waals surface area contributed by atoms with Gasteiger partial charge in [-0.2, -0.15) is 0 Å². The van der Waals surface area contributed by atoms with Crippen molar-refractivity contribution >= 4 is 12.0 Å². The van der Waals surface area contributed by atoms with Crippen molar-refractivity contribution in [1.29, 1.82) is 0 Å². The van der Waals surface area contributed by atoms with Gasteiger partial charge >= 0.3 is 6.09 Å². The van der Waals surface area contributed by atoms with Crippen LogP contribution in [0.25, 0.3) is 0 Å². The highest BCUT2D eigenvalue weighted by Crippen LogP contribution is 2.27. The predicted octanol–water partition coefficient (Wildman–Crippen LogP) is 2.01. The SMILES string of the molecule is CC1CN(C2CCC2)C(=O)CN1C(=O)OC(C)(C)C. The fourth-order valence-electron chi connectivity index (χ4n) is 2.49. The fourth-order valence-corrected chi connectivity index (χ4v) is 2.49. The molecule has 108 valence electrons. The predicted molar refractivity (Wildman–Crippen MR) is 71.8 cm³/mol. The Morgan fingerprint density at radius 1 is 1.32 bits per heavy atom. The summed E-state index contributed by atoms with van der Waals surface area (Å²) in [5, 5.41) is 0. The zero-order valence-electron chi connectivity index (χ0n) is 12.3. The molecule has 2 aliphatic rings. The maximum absolute atomic E-state index is 12.1. The van der Waals surface area contributed by atoms with Crippen molar-refractivity contribution in [3.63, 3.8) is 0 Å². The largest absolute Gasteiger partial charge is 0.444 e. The van der Waals surface area contributed by atoms with Gasteiger partial charge in [0.05, 0.1) is 6.04 Å². The summed E-state index contributed by atoms with van der Waals surface area (Å²) in [7, 11) is 0. The van der Waals surface area contributed by atoms with Crippen LogP contribution in [0.5, 0.6) is 0 Å². The molecule has 0 aromatic rings. The molecule has 5 heteroatoms. The van der Waals surface area contributed by atoms with E-state index in [0.29, 0.717) is 12.6 Å². The van der Waals surface area contributed by atoms with Crippen LogP contribution >= 0.6 is 0 Å². The molecule has 0 spiro atoms. The molecule has 1 aliphatic carbocycles. The van der Waals surface area contributed by atoms with Crippen LogP contribution in [0.4, 0.5) is 4.79 Å². The van der Waals surface area contributed by atoms with Crippen molar-refractivity contribution in [1.82, 2.24) is 9.80 Å². The highest BCUT2D eigenvalue weighted by Gasteiger charge is 2.39.